The van der Waals surface area contributed by atoms with Crippen molar-refractivity contribution in [3.63, 3.8) is 0 Å². The molecule has 0 spiro atoms. The number of carbonyl (C=O) groups excluding carboxylic acids is 2. The molecule has 8 nitrogen and oxygen atoms in total. The highest BCUT2D eigenvalue weighted by molar-refractivity contribution is 5.99. The van der Waals surface area contributed by atoms with Crippen LogP contribution >= 0.6 is 0 Å². The number of carbonyl (C=O) groups is 2. The fraction of sp³-hybridized carbons (Fsp3) is 0.296. The van der Waals surface area contributed by atoms with E-state index >= 15 is 0 Å². The Hall–Kier alpha value is -4.28. The van der Waals surface area contributed by atoms with E-state index in [0.29, 0.717) is 25.2 Å². The SMILES string of the molecule is CC1N2CCCCN1n1cc(C(=O)NCc3c(F)cc(F)cc3F)c(=O)c(O)c1C2=O.Cc1ccccc1. The van der Waals surface area contributed by atoms with Crippen molar-refractivity contribution >= 4 is 11.8 Å². The largest absolute Gasteiger partial charge is 0.502 e. The van der Waals surface area contributed by atoms with Gasteiger partial charge in [0.1, 0.15) is 29.2 Å². The van der Waals surface area contributed by atoms with Crippen molar-refractivity contribution in [2.24, 2.45) is 0 Å². The van der Waals surface area contributed by atoms with E-state index in [1.54, 1.807) is 16.8 Å². The van der Waals surface area contributed by atoms with Gasteiger partial charge in [-0.1, -0.05) is 35.9 Å². The number of aromatic nitrogens is 1. The lowest BCUT2D eigenvalue weighted by Crippen LogP contribution is -2.59. The van der Waals surface area contributed by atoms with E-state index in [1.807, 2.05) is 18.2 Å². The molecule has 2 aliphatic rings. The summed E-state index contributed by atoms with van der Waals surface area (Å²) in [6.07, 6.45) is 2.28. The lowest BCUT2D eigenvalue weighted by atomic mass is 10.1. The molecule has 1 aromatic heterocycles. The molecule has 2 N–H and O–H groups in total. The van der Waals surface area contributed by atoms with Crippen LogP contribution in [0, 0.1) is 24.4 Å². The molecular formula is C27H27F3N4O4. The van der Waals surface area contributed by atoms with Crippen LogP contribution in [-0.2, 0) is 6.54 Å². The Bertz CT molecular complexity index is 1400. The van der Waals surface area contributed by atoms with E-state index in [-0.39, 0.29) is 11.9 Å². The first-order valence-electron chi connectivity index (χ1n) is 12.1. The summed E-state index contributed by atoms with van der Waals surface area (Å²) in [4.78, 5) is 39.6. The molecule has 1 saturated heterocycles. The molecule has 3 heterocycles. The minimum Gasteiger partial charge on any atom is -0.502 e. The number of amides is 2. The summed E-state index contributed by atoms with van der Waals surface area (Å²) in [7, 11) is 0. The summed E-state index contributed by atoms with van der Waals surface area (Å²) in [6, 6.07) is 11.2. The number of pyridine rings is 1. The monoisotopic (exact) mass is 528 g/mol. The Morgan fingerprint density at radius 2 is 1.68 bits per heavy atom. The highest BCUT2D eigenvalue weighted by Gasteiger charge is 2.39. The van der Waals surface area contributed by atoms with Crippen molar-refractivity contribution in [1.82, 2.24) is 14.9 Å². The zero-order valence-corrected chi connectivity index (χ0v) is 20.9. The maximum absolute atomic E-state index is 13.8. The number of halogens is 3. The van der Waals surface area contributed by atoms with Crippen LogP contribution in [0.2, 0.25) is 0 Å². The van der Waals surface area contributed by atoms with Gasteiger partial charge >= 0.3 is 0 Å². The van der Waals surface area contributed by atoms with Crippen LogP contribution in [-0.4, -0.2) is 45.8 Å². The standard InChI is InChI=1S/C20H19F3N4O4.C7H8/c1-10-25-4-2-3-5-26(10)27-9-13(17(28)18(29)16(27)20(25)31)19(30)24-8-12-14(22)6-11(21)7-15(12)23;1-7-5-3-2-4-6-7/h6-7,9-10,29H,2-5,8H2,1H3,(H,24,30);2-6H,1H3. The molecule has 5 rings (SSSR count). The minimum absolute atomic E-state index is 0.239. The van der Waals surface area contributed by atoms with Gasteiger partial charge in [-0.2, -0.15) is 0 Å². The average molecular weight is 529 g/mol. The molecule has 2 aliphatic heterocycles. The Morgan fingerprint density at radius 3 is 2.29 bits per heavy atom. The predicted molar refractivity (Wildman–Crippen MR) is 134 cm³/mol. The van der Waals surface area contributed by atoms with Crippen LogP contribution in [0.3, 0.4) is 0 Å². The molecule has 3 aromatic rings. The van der Waals surface area contributed by atoms with Crippen LogP contribution in [0.15, 0.2) is 53.5 Å². The van der Waals surface area contributed by atoms with E-state index in [4.69, 9.17) is 0 Å². The summed E-state index contributed by atoms with van der Waals surface area (Å²) < 4.78 is 42.0. The van der Waals surface area contributed by atoms with Crippen molar-refractivity contribution in [3.8, 4) is 5.75 Å². The van der Waals surface area contributed by atoms with Gasteiger partial charge in [0.15, 0.2) is 11.4 Å². The van der Waals surface area contributed by atoms with Gasteiger partial charge in [0, 0.05) is 43.5 Å². The van der Waals surface area contributed by atoms with Crippen molar-refractivity contribution in [1.29, 1.82) is 0 Å². The molecule has 2 bridgehead atoms. The van der Waals surface area contributed by atoms with E-state index in [9.17, 15) is 32.7 Å². The van der Waals surface area contributed by atoms with Gasteiger partial charge in [0.25, 0.3) is 11.8 Å². The highest BCUT2D eigenvalue weighted by atomic mass is 19.1. The molecule has 2 amide bonds. The summed E-state index contributed by atoms with van der Waals surface area (Å²) in [6.45, 7) is 4.22. The summed E-state index contributed by atoms with van der Waals surface area (Å²) in [5, 5.41) is 14.4. The van der Waals surface area contributed by atoms with Crippen molar-refractivity contribution in [2.45, 2.75) is 39.4 Å². The fourth-order valence-electron chi connectivity index (χ4n) is 4.48. The Kier molecular flexibility index (Phi) is 7.75. The molecule has 1 unspecified atom stereocenters. The highest BCUT2D eigenvalue weighted by Crippen LogP contribution is 2.27. The Balaban J connectivity index is 0.000000417. The second-order valence-electron chi connectivity index (χ2n) is 9.10. The number of hydrogen-bond donors (Lipinski definition) is 2. The first kappa shape index (κ1) is 26.8. The number of hydrogen-bond acceptors (Lipinski definition) is 5. The molecule has 38 heavy (non-hydrogen) atoms. The Morgan fingerprint density at radius 1 is 1.05 bits per heavy atom. The van der Waals surface area contributed by atoms with Gasteiger partial charge in [-0.05, 0) is 26.7 Å². The van der Waals surface area contributed by atoms with Crippen LogP contribution in [0.1, 0.15) is 51.7 Å². The molecule has 11 heteroatoms. The fourth-order valence-corrected chi connectivity index (χ4v) is 4.48. The molecule has 1 fully saturated rings. The third kappa shape index (κ3) is 5.22. The molecule has 1 atom stereocenters. The number of benzene rings is 2. The normalized spacial score (nSPS) is 16.2. The van der Waals surface area contributed by atoms with Gasteiger partial charge in [0.05, 0.1) is 0 Å². The van der Waals surface area contributed by atoms with Crippen molar-refractivity contribution in [3.05, 3.63) is 98.7 Å². The van der Waals surface area contributed by atoms with E-state index in [0.717, 1.165) is 19.0 Å². The summed E-state index contributed by atoms with van der Waals surface area (Å²) >= 11 is 0. The molecule has 2 aromatic carbocycles. The number of aromatic hydroxyl groups is 1. The van der Waals surface area contributed by atoms with E-state index in [1.165, 1.54) is 10.2 Å². The van der Waals surface area contributed by atoms with E-state index in [2.05, 4.69) is 24.4 Å². The summed E-state index contributed by atoms with van der Waals surface area (Å²) in [5.41, 5.74) is -1.07. The number of rotatable bonds is 3. The molecule has 200 valence electrons. The van der Waals surface area contributed by atoms with Crippen molar-refractivity contribution in [2.75, 3.05) is 18.1 Å². The Labute approximate surface area is 216 Å². The van der Waals surface area contributed by atoms with Gasteiger partial charge in [-0.3, -0.25) is 24.1 Å². The molecule has 0 radical (unpaired) electrons. The number of fused-ring (bicyclic) bond motifs is 4. The molecule has 0 saturated carbocycles. The zero-order valence-electron chi connectivity index (χ0n) is 20.9. The molecular weight excluding hydrogens is 501 g/mol. The van der Waals surface area contributed by atoms with Gasteiger partial charge < -0.3 is 15.3 Å². The quantitative estimate of drug-likeness (QED) is 0.543. The second kappa shape index (κ2) is 11.0. The van der Waals surface area contributed by atoms with Crippen molar-refractivity contribution < 1.29 is 27.9 Å². The van der Waals surface area contributed by atoms with Crippen LogP contribution in [0.25, 0.3) is 0 Å². The third-order valence-corrected chi connectivity index (χ3v) is 6.54. The first-order chi connectivity index (χ1) is 18.1. The third-order valence-electron chi connectivity index (χ3n) is 6.54. The van der Waals surface area contributed by atoms with Crippen LogP contribution in [0.5, 0.6) is 5.75 Å². The second-order valence-corrected chi connectivity index (χ2v) is 9.10. The van der Waals surface area contributed by atoms with Crippen LogP contribution < -0.4 is 15.8 Å². The topological polar surface area (TPSA) is 94.9 Å². The van der Waals surface area contributed by atoms with Gasteiger partial charge in [-0.15, -0.1) is 0 Å². The number of aryl methyl sites for hydroxylation is 1. The average Bonchev–Trinajstić information content (AvgIpc) is 3.02. The number of nitrogens with zero attached hydrogens (tertiary/aromatic N) is 3. The summed E-state index contributed by atoms with van der Waals surface area (Å²) in [5.74, 6) is -5.88. The molecule has 0 aliphatic carbocycles. The van der Waals surface area contributed by atoms with Crippen LogP contribution in [0.4, 0.5) is 13.2 Å². The van der Waals surface area contributed by atoms with Gasteiger partial charge in [0.2, 0.25) is 5.43 Å². The lowest BCUT2D eigenvalue weighted by molar-refractivity contribution is 0.0611. The first-order valence-corrected chi connectivity index (χ1v) is 12.1. The maximum atomic E-state index is 13.8. The van der Waals surface area contributed by atoms with Gasteiger partial charge in [-0.25, -0.2) is 13.2 Å². The minimum atomic E-state index is -1.19. The number of nitrogens with one attached hydrogen (secondary N) is 1. The zero-order chi connectivity index (χ0) is 27.6. The maximum Gasteiger partial charge on any atom is 0.278 e. The van der Waals surface area contributed by atoms with E-state index < -0.39 is 58.1 Å². The predicted octanol–water partition coefficient (Wildman–Crippen LogP) is 3.43. The smallest absolute Gasteiger partial charge is 0.278 e. The lowest BCUT2D eigenvalue weighted by Gasteiger charge is -2.43.